The molecule has 0 saturated carbocycles. The van der Waals surface area contributed by atoms with Crippen molar-refractivity contribution < 1.29 is 19.1 Å². The molecule has 3 aromatic rings. The number of hydrogen-bond acceptors (Lipinski definition) is 6. The van der Waals surface area contributed by atoms with Gasteiger partial charge >= 0.3 is 5.97 Å². The Bertz CT molecular complexity index is 1170. The molecule has 0 aliphatic rings. The number of carbonyl (C=O) groups is 3. The van der Waals surface area contributed by atoms with Crippen molar-refractivity contribution in [1.82, 2.24) is 5.32 Å². The van der Waals surface area contributed by atoms with Gasteiger partial charge in [0.25, 0.3) is 0 Å². The number of fused-ring (bicyclic) bond motifs is 1. The number of aryl methyl sites for hydroxylation is 1. The molecule has 0 radical (unpaired) electrons. The van der Waals surface area contributed by atoms with Gasteiger partial charge in [0.1, 0.15) is 6.04 Å². The molecule has 0 fully saturated rings. The SMILES string of the molecule is CCOC(=O)[C@H](CSCc1ccc(C)cc1)NC(=O)[C@@H](CSC(C)=O)Cc1cccc2ccccc12. The summed E-state index contributed by atoms with van der Waals surface area (Å²) in [5.74, 6) is 0.321. The van der Waals surface area contributed by atoms with Crippen LogP contribution in [0.4, 0.5) is 0 Å². The van der Waals surface area contributed by atoms with Crippen LogP contribution in [0.5, 0.6) is 0 Å². The van der Waals surface area contributed by atoms with Crippen molar-refractivity contribution in [2.24, 2.45) is 5.92 Å². The molecular formula is C29H33NO4S2. The number of carbonyl (C=O) groups excluding carboxylic acids is 3. The average molecular weight is 524 g/mol. The Labute approximate surface area is 221 Å². The van der Waals surface area contributed by atoms with E-state index in [2.05, 4.69) is 29.6 Å². The average Bonchev–Trinajstić information content (AvgIpc) is 2.87. The van der Waals surface area contributed by atoms with Crippen LogP contribution in [0, 0.1) is 12.8 Å². The van der Waals surface area contributed by atoms with Crippen molar-refractivity contribution in [2.45, 2.75) is 39.0 Å². The monoisotopic (exact) mass is 523 g/mol. The zero-order valence-corrected chi connectivity index (χ0v) is 22.6. The first-order valence-electron chi connectivity index (χ1n) is 12.1. The second-order valence-electron chi connectivity index (χ2n) is 8.66. The molecule has 0 bridgehead atoms. The van der Waals surface area contributed by atoms with Gasteiger partial charge in [-0.25, -0.2) is 4.79 Å². The topological polar surface area (TPSA) is 72.5 Å². The molecule has 0 heterocycles. The van der Waals surface area contributed by atoms with E-state index in [9.17, 15) is 14.4 Å². The molecule has 2 atom stereocenters. The molecule has 36 heavy (non-hydrogen) atoms. The van der Waals surface area contributed by atoms with Crippen molar-refractivity contribution in [3.8, 4) is 0 Å². The van der Waals surface area contributed by atoms with Crippen LogP contribution in [0.1, 0.15) is 30.5 Å². The first kappa shape index (κ1) is 27.8. The minimum atomic E-state index is -0.759. The molecule has 1 amide bonds. The summed E-state index contributed by atoms with van der Waals surface area (Å²) in [7, 11) is 0. The van der Waals surface area contributed by atoms with Gasteiger partial charge in [-0.3, -0.25) is 9.59 Å². The number of rotatable bonds is 12. The third-order valence-electron chi connectivity index (χ3n) is 5.77. The molecule has 1 N–H and O–H groups in total. The highest BCUT2D eigenvalue weighted by Crippen LogP contribution is 2.24. The van der Waals surface area contributed by atoms with E-state index in [1.807, 2.05) is 49.4 Å². The largest absolute Gasteiger partial charge is 0.464 e. The van der Waals surface area contributed by atoms with Crippen LogP contribution in [-0.4, -0.2) is 41.1 Å². The highest BCUT2D eigenvalue weighted by Gasteiger charge is 2.27. The summed E-state index contributed by atoms with van der Waals surface area (Å²) >= 11 is 2.71. The van der Waals surface area contributed by atoms with Gasteiger partial charge in [0.2, 0.25) is 5.91 Å². The van der Waals surface area contributed by atoms with Gasteiger partial charge in [-0.1, -0.05) is 84.1 Å². The van der Waals surface area contributed by atoms with Crippen molar-refractivity contribution in [3.63, 3.8) is 0 Å². The fourth-order valence-electron chi connectivity index (χ4n) is 3.86. The molecule has 190 valence electrons. The van der Waals surface area contributed by atoms with Gasteiger partial charge in [0.05, 0.1) is 12.5 Å². The minimum absolute atomic E-state index is 0.0404. The smallest absolute Gasteiger partial charge is 0.329 e. The van der Waals surface area contributed by atoms with E-state index in [0.717, 1.165) is 39.4 Å². The molecule has 0 spiro atoms. The maximum absolute atomic E-state index is 13.4. The molecular weight excluding hydrogens is 490 g/mol. The predicted molar refractivity (Wildman–Crippen MR) is 150 cm³/mol. The second-order valence-corrected chi connectivity index (χ2v) is 10.9. The summed E-state index contributed by atoms with van der Waals surface area (Å²) in [6.07, 6.45) is 0.472. The summed E-state index contributed by atoms with van der Waals surface area (Å²) < 4.78 is 5.25. The number of hydrogen-bond donors (Lipinski definition) is 1. The van der Waals surface area contributed by atoms with E-state index >= 15 is 0 Å². The number of thioether (sulfide) groups is 2. The highest BCUT2D eigenvalue weighted by atomic mass is 32.2. The predicted octanol–water partition coefficient (Wildman–Crippen LogP) is 5.57. The lowest BCUT2D eigenvalue weighted by Crippen LogP contribution is -2.47. The maximum atomic E-state index is 13.4. The maximum Gasteiger partial charge on any atom is 0.329 e. The van der Waals surface area contributed by atoms with Crippen molar-refractivity contribution in [1.29, 1.82) is 0 Å². The molecule has 0 saturated heterocycles. The number of nitrogens with one attached hydrogen (secondary N) is 1. The van der Waals surface area contributed by atoms with E-state index in [4.69, 9.17) is 4.74 Å². The van der Waals surface area contributed by atoms with E-state index in [1.54, 1.807) is 18.7 Å². The normalized spacial score (nSPS) is 12.6. The van der Waals surface area contributed by atoms with Crippen LogP contribution in [0.2, 0.25) is 0 Å². The number of benzene rings is 3. The van der Waals surface area contributed by atoms with E-state index in [1.165, 1.54) is 12.5 Å². The van der Waals surface area contributed by atoms with E-state index in [-0.39, 0.29) is 17.6 Å². The van der Waals surface area contributed by atoms with Gasteiger partial charge in [0, 0.05) is 24.2 Å². The molecule has 0 aromatic heterocycles. The molecule has 3 rings (SSSR count). The number of ether oxygens (including phenoxy) is 1. The third kappa shape index (κ3) is 8.42. The van der Waals surface area contributed by atoms with Crippen LogP contribution in [-0.2, 0) is 31.3 Å². The summed E-state index contributed by atoms with van der Waals surface area (Å²) in [5.41, 5.74) is 3.39. The second kappa shape index (κ2) is 14.1. The molecule has 5 nitrogen and oxygen atoms in total. The first-order chi connectivity index (χ1) is 17.4. The Kier molecular flexibility index (Phi) is 10.9. The highest BCUT2D eigenvalue weighted by molar-refractivity contribution is 8.13. The van der Waals surface area contributed by atoms with E-state index in [0.29, 0.717) is 17.9 Å². The number of esters is 1. The lowest BCUT2D eigenvalue weighted by Gasteiger charge is -2.22. The minimum Gasteiger partial charge on any atom is -0.464 e. The fraction of sp³-hybridized carbons (Fsp3) is 0.345. The molecule has 3 aromatic carbocycles. The van der Waals surface area contributed by atoms with Crippen molar-refractivity contribution in [2.75, 3.05) is 18.1 Å². The van der Waals surface area contributed by atoms with Crippen LogP contribution in [0.3, 0.4) is 0 Å². The Morgan fingerprint density at radius 3 is 2.39 bits per heavy atom. The Morgan fingerprint density at radius 2 is 1.67 bits per heavy atom. The summed E-state index contributed by atoms with van der Waals surface area (Å²) in [4.78, 5) is 37.8. The van der Waals surface area contributed by atoms with Crippen LogP contribution < -0.4 is 5.32 Å². The van der Waals surface area contributed by atoms with Gasteiger partial charge < -0.3 is 10.1 Å². The van der Waals surface area contributed by atoms with E-state index < -0.39 is 17.9 Å². The zero-order chi connectivity index (χ0) is 25.9. The van der Waals surface area contributed by atoms with Gasteiger partial charge in [0.15, 0.2) is 5.12 Å². The first-order valence-corrected chi connectivity index (χ1v) is 14.2. The standard InChI is InChI=1S/C29H33NO4S2/c1-4-34-29(33)27(19-35-17-22-14-12-20(2)13-15-22)30-28(32)25(18-36-21(3)31)16-24-10-7-9-23-8-5-6-11-26(23)24/h5-15,25,27H,4,16-19H2,1-3H3,(H,30,32)/t25-,27+/m1/s1. The Balaban J connectivity index is 1.73. The van der Waals surface area contributed by atoms with Crippen LogP contribution in [0.25, 0.3) is 10.8 Å². The Hall–Kier alpha value is -2.77. The summed E-state index contributed by atoms with van der Waals surface area (Å²) in [6.45, 7) is 5.54. The molecule has 0 unspecified atom stereocenters. The van der Waals surface area contributed by atoms with Crippen LogP contribution >= 0.6 is 23.5 Å². The molecule has 7 heteroatoms. The lowest BCUT2D eigenvalue weighted by molar-refractivity contribution is -0.147. The molecule has 0 aliphatic heterocycles. The number of amides is 1. The zero-order valence-electron chi connectivity index (χ0n) is 21.0. The summed E-state index contributed by atoms with van der Waals surface area (Å²) in [5, 5.41) is 5.08. The van der Waals surface area contributed by atoms with Crippen LogP contribution in [0.15, 0.2) is 66.7 Å². The van der Waals surface area contributed by atoms with Gasteiger partial charge in [-0.05, 0) is 42.2 Å². The fourth-order valence-corrected chi connectivity index (χ4v) is 5.57. The van der Waals surface area contributed by atoms with Gasteiger partial charge in [-0.15, -0.1) is 0 Å². The Morgan fingerprint density at radius 1 is 0.944 bits per heavy atom. The lowest BCUT2D eigenvalue weighted by atomic mass is 9.95. The van der Waals surface area contributed by atoms with Gasteiger partial charge in [-0.2, -0.15) is 11.8 Å². The van der Waals surface area contributed by atoms with Crippen molar-refractivity contribution in [3.05, 3.63) is 83.4 Å². The summed E-state index contributed by atoms with van der Waals surface area (Å²) in [6, 6.07) is 21.6. The van der Waals surface area contributed by atoms with Crippen molar-refractivity contribution >= 4 is 51.3 Å². The third-order valence-corrected chi connectivity index (χ3v) is 7.85. The molecule has 0 aliphatic carbocycles. The quantitative estimate of drug-likeness (QED) is 0.313.